The monoisotopic (exact) mass is 470 g/mol. The summed E-state index contributed by atoms with van der Waals surface area (Å²) in [5.41, 5.74) is 1.18. The Labute approximate surface area is 200 Å². The molecule has 0 saturated carbocycles. The summed E-state index contributed by atoms with van der Waals surface area (Å²) in [6.45, 7) is 2.04. The van der Waals surface area contributed by atoms with Crippen LogP contribution < -0.4 is 15.6 Å². The molecule has 0 aliphatic carbocycles. The van der Waals surface area contributed by atoms with Crippen LogP contribution in [0.2, 0.25) is 5.02 Å². The number of carbonyl (C=O) groups is 1. The van der Waals surface area contributed by atoms with Crippen LogP contribution in [0.3, 0.4) is 0 Å². The fourth-order valence-electron chi connectivity index (χ4n) is 3.21. The van der Waals surface area contributed by atoms with Crippen LogP contribution in [-0.4, -0.2) is 15.3 Å². The highest BCUT2D eigenvalue weighted by atomic mass is 35.5. The number of aryl methyl sites for hydroxylation is 1. The number of hydrogen-bond donors (Lipinski definition) is 1. The van der Waals surface area contributed by atoms with Crippen molar-refractivity contribution in [1.29, 1.82) is 5.26 Å². The third-order valence-corrected chi connectivity index (χ3v) is 5.29. The van der Waals surface area contributed by atoms with E-state index in [0.29, 0.717) is 22.1 Å². The maximum absolute atomic E-state index is 13.3. The zero-order valence-corrected chi connectivity index (χ0v) is 18.9. The van der Waals surface area contributed by atoms with Crippen molar-refractivity contribution >= 4 is 34.9 Å². The number of rotatable bonds is 6. The number of nitrogens with zero attached hydrogens (tertiary/aromatic N) is 3. The van der Waals surface area contributed by atoms with E-state index in [1.807, 2.05) is 25.1 Å². The summed E-state index contributed by atoms with van der Waals surface area (Å²) >= 11 is 5.88. The van der Waals surface area contributed by atoms with Crippen LogP contribution in [0, 0.1) is 11.3 Å². The Bertz CT molecular complexity index is 1480. The van der Waals surface area contributed by atoms with Crippen LogP contribution in [-0.2, 0) is 11.2 Å². The fraction of sp³-hybridized carbons (Fsp3) is 0.0769. The Hall–Kier alpha value is -4.41. The molecule has 2 aromatic carbocycles. The molecule has 0 aliphatic rings. The molecule has 168 valence electrons. The number of carbonyl (C=O) groups excluding carboxylic acids is 1. The fourth-order valence-corrected chi connectivity index (χ4v) is 3.34. The number of halogens is 1. The van der Waals surface area contributed by atoms with Crippen LogP contribution >= 0.6 is 11.6 Å². The Morgan fingerprint density at radius 3 is 2.56 bits per heavy atom. The molecule has 2 heterocycles. The van der Waals surface area contributed by atoms with E-state index in [-0.39, 0.29) is 17.0 Å². The van der Waals surface area contributed by atoms with Crippen LogP contribution in [0.15, 0.2) is 83.3 Å². The highest BCUT2D eigenvalue weighted by Gasteiger charge is 2.17. The molecule has 0 atom stereocenters. The average molecular weight is 471 g/mol. The molecular weight excluding hydrogens is 452 g/mol. The molecule has 0 saturated heterocycles. The zero-order chi connectivity index (χ0) is 24.1. The third-order valence-electron chi connectivity index (χ3n) is 5.04. The van der Waals surface area contributed by atoms with Gasteiger partial charge in [0.05, 0.1) is 0 Å². The molecule has 0 radical (unpaired) electrons. The Morgan fingerprint density at radius 2 is 1.88 bits per heavy atom. The number of anilines is 1. The lowest BCUT2D eigenvalue weighted by molar-refractivity contribution is -0.112. The molecule has 34 heavy (non-hydrogen) atoms. The van der Waals surface area contributed by atoms with Crippen LogP contribution in [0.5, 0.6) is 11.6 Å². The summed E-state index contributed by atoms with van der Waals surface area (Å²) in [6, 6.07) is 20.8. The van der Waals surface area contributed by atoms with E-state index in [1.165, 1.54) is 10.5 Å². The summed E-state index contributed by atoms with van der Waals surface area (Å²) < 4.78 is 7.25. The smallest absolute Gasteiger partial charge is 0.269 e. The second-order valence-electron chi connectivity index (χ2n) is 7.30. The van der Waals surface area contributed by atoms with Gasteiger partial charge in [-0.3, -0.25) is 14.0 Å². The minimum atomic E-state index is -0.680. The maximum atomic E-state index is 13.3. The topological polar surface area (TPSA) is 96.5 Å². The number of pyridine rings is 1. The molecule has 4 rings (SSSR count). The second kappa shape index (κ2) is 10.0. The first-order chi connectivity index (χ1) is 16.5. The summed E-state index contributed by atoms with van der Waals surface area (Å²) in [5.74, 6) is -0.212. The van der Waals surface area contributed by atoms with Gasteiger partial charge in [-0.05, 0) is 66.6 Å². The number of hydrogen-bond acceptors (Lipinski definition) is 5. The van der Waals surface area contributed by atoms with Gasteiger partial charge in [-0.2, -0.15) is 10.2 Å². The number of ether oxygens (including phenoxy) is 1. The first kappa shape index (κ1) is 22.8. The third kappa shape index (κ3) is 4.98. The van der Waals surface area contributed by atoms with E-state index in [1.54, 1.807) is 60.8 Å². The van der Waals surface area contributed by atoms with Gasteiger partial charge >= 0.3 is 0 Å². The van der Waals surface area contributed by atoms with Crippen molar-refractivity contribution in [2.75, 3.05) is 5.32 Å². The molecule has 4 aromatic rings. The standard InChI is InChI=1S/C26H19ClN4O3/c1-2-17-6-12-21(13-7-17)34-25-22(26(33)31-14-4-3-5-23(31)30-25)15-18(16-28)24(32)29-20-10-8-19(27)9-11-20/h3-15H,2H2,1H3,(H,29,32)/b18-15-. The van der Waals surface area contributed by atoms with E-state index in [9.17, 15) is 14.9 Å². The Balaban J connectivity index is 1.77. The summed E-state index contributed by atoms with van der Waals surface area (Å²) in [6.07, 6.45) is 3.62. The molecule has 1 N–H and O–H groups in total. The van der Waals surface area contributed by atoms with Gasteiger partial charge in [-0.25, -0.2) is 0 Å². The lowest BCUT2D eigenvalue weighted by Gasteiger charge is -2.11. The molecule has 1 amide bonds. The van der Waals surface area contributed by atoms with E-state index < -0.39 is 11.5 Å². The maximum Gasteiger partial charge on any atom is 0.269 e. The number of fused-ring (bicyclic) bond motifs is 1. The number of benzene rings is 2. The highest BCUT2D eigenvalue weighted by molar-refractivity contribution is 6.30. The van der Waals surface area contributed by atoms with Gasteiger partial charge in [-0.15, -0.1) is 0 Å². The lowest BCUT2D eigenvalue weighted by atomic mass is 10.1. The van der Waals surface area contributed by atoms with E-state index in [0.717, 1.165) is 12.0 Å². The van der Waals surface area contributed by atoms with Gasteiger partial charge < -0.3 is 10.1 Å². The lowest BCUT2D eigenvalue weighted by Crippen LogP contribution is -2.20. The van der Waals surface area contributed by atoms with Gasteiger partial charge in [0.1, 0.15) is 28.6 Å². The van der Waals surface area contributed by atoms with Crippen LogP contribution in [0.1, 0.15) is 18.1 Å². The highest BCUT2D eigenvalue weighted by Crippen LogP contribution is 2.25. The molecule has 0 spiro atoms. The summed E-state index contributed by atoms with van der Waals surface area (Å²) in [5, 5.41) is 12.8. The molecule has 8 heteroatoms. The minimum absolute atomic E-state index is 0.00695. The quantitative estimate of drug-likeness (QED) is 0.306. The van der Waals surface area contributed by atoms with Gasteiger partial charge in [0.25, 0.3) is 11.5 Å². The molecule has 2 aromatic heterocycles. The predicted octanol–water partition coefficient (Wildman–Crippen LogP) is 5.25. The van der Waals surface area contributed by atoms with Crippen molar-refractivity contribution in [1.82, 2.24) is 9.38 Å². The molecule has 7 nitrogen and oxygen atoms in total. The largest absolute Gasteiger partial charge is 0.438 e. The van der Waals surface area contributed by atoms with Gasteiger partial charge in [-0.1, -0.05) is 36.7 Å². The zero-order valence-electron chi connectivity index (χ0n) is 18.2. The average Bonchev–Trinajstić information content (AvgIpc) is 2.86. The SMILES string of the molecule is CCc1ccc(Oc2nc3ccccn3c(=O)c2/C=C(/C#N)C(=O)Nc2ccc(Cl)cc2)cc1. The molecular formula is C26H19ClN4O3. The van der Waals surface area contributed by atoms with Crippen molar-refractivity contribution < 1.29 is 9.53 Å². The predicted molar refractivity (Wildman–Crippen MR) is 131 cm³/mol. The van der Waals surface area contributed by atoms with Gasteiger partial charge in [0.15, 0.2) is 0 Å². The number of nitrogens with one attached hydrogen (secondary N) is 1. The van der Waals surface area contributed by atoms with E-state index >= 15 is 0 Å². The molecule has 0 aliphatic heterocycles. The second-order valence-corrected chi connectivity index (χ2v) is 7.73. The first-order valence-electron chi connectivity index (χ1n) is 10.5. The molecule has 0 bridgehead atoms. The van der Waals surface area contributed by atoms with Crippen LogP contribution in [0.4, 0.5) is 5.69 Å². The first-order valence-corrected chi connectivity index (χ1v) is 10.8. The van der Waals surface area contributed by atoms with Crippen molar-refractivity contribution in [3.8, 4) is 17.7 Å². The normalized spacial score (nSPS) is 11.1. The molecule has 0 unspecified atom stereocenters. The Kier molecular flexibility index (Phi) is 6.72. The number of nitriles is 1. The van der Waals surface area contributed by atoms with Crippen molar-refractivity contribution in [3.63, 3.8) is 0 Å². The van der Waals surface area contributed by atoms with E-state index in [4.69, 9.17) is 16.3 Å². The van der Waals surface area contributed by atoms with Crippen LogP contribution in [0.25, 0.3) is 11.7 Å². The van der Waals surface area contributed by atoms with Crippen molar-refractivity contribution in [2.45, 2.75) is 13.3 Å². The van der Waals surface area contributed by atoms with Gasteiger partial charge in [0.2, 0.25) is 5.88 Å². The number of aromatic nitrogens is 2. The van der Waals surface area contributed by atoms with E-state index in [2.05, 4.69) is 10.3 Å². The minimum Gasteiger partial charge on any atom is -0.438 e. The van der Waals surface area contributed by atoms with Crippen molar-refractivity contribution in [2.24, 2.45) is 0 Å². The Morgan fingerprint density at radius 1 is 1.15 bits per heavy atom. The van der Waals surface area contributed by atoms with Gasteiger partial charge in [0, 0.05) is 16.9 Å². The van der Waals surface area contributed by atoms with Crippen molar-refractivity contribution in [3.05, 3.63) is 105 Å². The summed E-state index contributed by atoms with van der Waals surface area (Å²) in [4.78, 5) is 30.5. The summed E-state index contributed by atoms with van der Waals surface area (Å²) in [7, 11) is 0. The molecule has 0 fully saturated rings. The number of amides is 1.